The van der Waals surface area contributed by atoms with E-state index in [1.165, 1.54) is 93.5 Å². The van der Waals surface area contributed by atoms with Crippen LogP contribution in [0.4, 0.5) is 0 Å². The third-order valence-corrected chi connectivity index (χ3v) is 10.4. The molecule has 0 saturated carbocycles. The maximum Gasteiger partial charge on any atom is 0.0625 e. The Morgan fingerprint density at radius 3 is 1.75 bits per heavy atom. The van der Waals surface area contributed by atoms with Crippen LogP contribution in [0.25, 0.3) is 99.1 Å². The molecule has 0 spiro atoms. The summed E-state index contributed by atoms with van der Waals surface area (Å²) in [4.78, 5) is 0. The van der Waals surface area contributed by atoms with Crippen molar-refractivity contribution in [3.05, 3.63) is 170 Å². The van der Waals surface area contributed by atoms with Gasteiger partial charge in [0.1, 0.15) is 0 Å². The Hall–Kier alpha value is -6.38. The highest BCUT2D eigenvalue weighted by Crippen LogP contribution is 2.52. The third-order valence-electron chi connectivity index (χ3n) is 10.4. The van der Waals surface area contributed by atoms with Crippen LogP contribution < -0.4 is 0 Å². The Morgan fingerprint density at radius 2 is 0.958 bits per heavy atom. The molecule has 0 saturated heterocycles. The topological polar surface area (TPSA) is 9.86 Å². The van der Waals surface area contributed by atoms with Gasteiger partial charge >= 0.3 is 0 Å². The first-order valence-corrected chi connectivity index (χ1v) is 16.6. The van der Waals surface area contributed by atoms with E-state index >= 15 is 0 Å². The molecule has 2 nitrogen and oxygen atoms in total. The fraction of sp³-hybridized carbons (Fsp3) is 0. The van der Waals surface area contributed by atoms with E-state index in [9.17, 15) is 0 Å². The molecular formula is C46H28N2. The number of nitrogens with zero attached hydrogens (tertiary/aromatic N) is 2. The molecule has 0 unspecified atom stereocenters. The lowest BCUT2D eigenvalue weighted by Gasteiger charge is -2.13. The minimum absolute atomic E-state index is 1.16. The Kier molecular flexibility index (Phi) is 5.14. The largest absolute Gasteiger partial charge is 0.309 e. The lowest BCUT2D eigenvalue weighted by Crippen LogP contribution is -1.97. The van der Waals surface area contributed by atoms with E-state index in [2.05, 4.69) is 179 Å². The van der Waals surface area contributed by atoms with E-state index in [1.807, 2.05) is 0 Å². The molecule has 0 atom stereocenters. The second kappa shape index (κ2) is 9.57. The smallest absolute Gasteiger partial charge is 0.0625 e. The van der Waals surface area contributed by atoms with Crippen molar-refractivity contribution in [3.8, 4) is 44.8 Å². The quantitative estimate of drug-likeness (QED) is 0.189. The molecule has 0 bridgehead atoms. The van der Waals surface area contributed by atoms with Gasteiger partial charge in [0.05, 0.1) is 22.1 Å². The summed E-state index contributed by atoms with van der Waals surface area (Å²) in [6.07, 6.45) is 0. The minimum atomic E-state index is 1.16. The van der Waals surface area contributed by atoms with Gasteiger partial charge in [-0.05, 0) is 81.1 Å². The molecule has 8 aromatic carbocycles. The monoisotopic (exact) mass is 608 g/mol. The standard InChI is InChI=1S/C46H28N2/c1-2-10-29(11-3-1)30-20-22-32(23-21-30)47-41-18-6-5-15-35(41)40-28-33(24-27-43(40)47)48-42-19-7-4-14-34(42)38-26-25-37-36-16-8-12-31-13-9-17-39(44(31)36)45(37)46(38)48/h1-28H. The SMILES string of the molecule is c1ccc(-c2ccc(-n3c4ccccc4c4cc(-n5c6ccccc6c6ccc7c(c65)-c5cccc6cccc-7c56)ccc43)cc2)cc1. The summed E-state index contributed by atoms with van der Waals surface area (Å²) in [5.74, 6) is 0. The molecule has 0 amide bonds. The number of para-hydroxylation sites is 2. The van der Waals surface area contributed by atoms with Crippen LogP contribution in [0.2, 0.25) is 0 Å². The Labute approximate surface area is 277 Å². The second-order valence-corrected chi connectivity index (χ2v) is 12.9. The molecule has 1 aliphatic rings. The first-order valence-electron chi connectivity index (χ1n) is 16.6. The van der Waals surface area contributed by atoms with Crippen LogP contribution >= 0.6 is 0 Å². The average molecular weight is 609 g/mol. The van der Waals surface area contributed by atoms with Gasteiger partial charge in [-0.1, -0.05) is 127 Å². The van der Waals surface area contributed by atoms with Gasteiger partial charge in [-0.3, -0.25) is 0 Å². The minimum Gasteiger partial charge on any atom is -0.309 e. The highest BCUT2D eigenvalue weighted by molar-refractivity contribution is 6.25. The van der Waals surface area contributed by atoms with Crippen LogP contribution in [-0.2, 0) is 0 Å². The molecule has 0 aliphatic heterocycles. The predicted octanol–water partition coefficient (Wildman–Crippen LogP) is 12.3. The zero-order chi connectivity index (χ0) is 31.3. The van der Waals surface area contributed by atoms with E-state index in [0.717, 1.165) is 5.69 Å². The number of rotatable bonds is 3. The maximum absolute atomic E-state index is 2.51. The van der Waals surface area contributed by atoms with Gasteiger partial charge in [0, 0.05) is 38.5 Å². The van der Waals surface area contributed by atoms with Crippen LogP contribution in [0.5, 0.6) is 0 Å². The number of hydrogen-bond acceptors (Lipinski definition) is 0. The van der Waals surface area contributed by atoms with Crippen LogP contribution in [0, 0.1) is 0 Å². The summed E-state index contributed by atoms with van der Waals surface area (Å²) in [6.45, 7) is 0. The van der Waals surface area contributed by atoms with Gasteiger partial charge in [-0.2, -0.15) is 0 Å². The summed E-state index contributed by atoms with van der Waals surface area (Å²) in [6, 6.07) is 62.4. The molecule has 2 heterocycles. The Balaban J connectivity index is 1.18. The van der Waals surface area contributed by atoms with Crippen molar-refractivity contribution in [2.45, 2.75) is 0 Å². The number of hydrogen-bond donors (Lipinski definition) is 0. The zero-order valence-electron chi connectivity index (χ0n) is 26.1. The lowest BCUT2D eigenvalue weighted by molar-refractivity contribution is 1.17. The van der Waals surface area contributed by atoms with Gasteiger partial charge in [0.2, 0.25) is 0 Å². The molecular weight excluding hydrogens is 581 g/mol. The first-order chi connectivity index (χ1) is 23.8. The van der Waals surface area contributed by atoms with Gasteiger partial charge in [-0.15, -0.1) is 0 Å². The van der Waals surface area contributed by atoms with Crippen LogP contribution in [0.3, 0.4) is 0 Å². The van der Waals surface area contributed by atoms with Crippen LogP contribution in [-0.4, -0.2) is 9.13 Å². The lowest BCUT2D eigenvalue weighted by atomic mass is 10.00. The number of benzene rings is 8. The van der Waals surface area contributed by atoms with Crippen molar-refractivity contribution in [1.29, 1.82) is 0 Å². The maximum atomic E-state index is 2.51. The summed E-state index contributed by atoms with van der Waals surface area (Å²) >= 11 is 0. The van der Waals surface area contributed by atoms with E-state index in [1.54, 1.807) is 0 Å². The number of fused-ring (bicyclic) bond motifs is 10. The summed E-state index contributed by atoms with van der Waals surface area (Å²) in [5, 5.41) is 7.72. The van der Waals surface area contributed by atoms with E-state index in [4.69, 9.17) is 0 Å². The molecule has 10 aromatic rings. The van der Waals surface area contributed by atoms with Gasteiger partial charge in [0.15, 0.2) is 0 Å². The molecule has 2 heteroatoms. The molecule has 48 heavy (non-hydrogen) atoms. The summed E-state index contributed by atoms with van der Waals surface area (Å²) < 4.78 is 4.92. The Morgan fingerprint density at radius 1 is 0.333 bits per heavy atom. The molecule has 0 radical (unpaired) electrons. The van der Waals surface area contributed by atoms with Crippen molar-refractivity contribution >= 4 is 54.4 Å². The van der Waals surface area contributed by atoms with Gasteiger partial charge in [-0.25, -0.2) is 0 Å². The van der Waals surface area contributed by atoms with Crippen molar-refractivity contribution in [1.82, 2.24) is 9.13 Å². The van der Waals surface area contributed by atoms with Gasteiger partial charge in [0.25, 0.3) is 0 Å². The fourth-order valence-corrected chi connectivity index (χ4v) is 8.41. The third kappa shape index (κ3) is 3.41. The fourth-order valence-electron chi connectivity index (χ4n) is 8.41. The molecule has 0 fully saturated rings. The van der Waals surface area contributed by atoms with Crippen molar-refractivity contribution < 1.29 is 0 Å². The summed E-state index contributed by atoms with van der Waals surface area (Å²) in [7, 11) is 0. The zero-order valence-corrected chi connectivity index (χ0v) is 26.1. The van der Waals surface area contributed by atoms with Crippen LogP contribution in [0.15, 0.2) is 170 Å². The highest BCUT2D eigenvalue weighted by atomic mass is 15.0. The van der Waals surface area contributed by atoms with E-state index < -0.39 is 0 Å². The van der Waals surface area contributed by atoms with Crippen molar-refractivity contribution in [2.24, 2.45) is 0 Å². The van der Waals surface area contributed by atoms with E-state index in [0.29, 0.717) is 0 Å². The van der Waals surface area contributed by atoms with E-state index in [-0.39, 0.29) is 0 Å². The average Bonchev–Trinajstić information content (AvgIpc) is 3.79. The second-order valence-electron chi connectivity index (χ2n) is 12.9. The van der Waals surface area contributed by atoms with Gasteiger partial charge < -0.3 is 9.13 Å². The molecule has 222 valence electrons. The van der Waals surface area contributed by atoms with Crippen molar-refractivity contribution in [3.63, 3.8) is 0 Å². The molecule has 11 rings (SSSR count). The summed E-state index contributed by atoms with van der Waals surface area (Å²) in [5.41, 5.74) is 15.0. The van der Waals surface area contributed by atoms with Crippen LogP contribution in [0.1, 0.15) is 0 Å². The normalized spacial score (nSPS) is 12.2. The number of aromatic nitrogens is 2. The molecule has 1 aliphatic carbocycles. The molecule has 2 aromatic heterocycles. The predicted molar refractivity (Wildman–Crippen MR) is 202 cm³/mol. The Bertz CT molecular complexity index is 2920. The highest BCUT2D eigenvalue weighted by Gasteiger charge is 2.27. The first kappa shape index (κ1) is 25.8. The van der Waals surface area contributed by atoms with Crippen molar-refractivity contribution in [2.75, 3.05) is 0 Å². The molecule has 0 N–H and O–H groups in total.